The fourth-order valence-corrected chi connectivity index (χ4v) is 5.35. The molecule has 0 aliphatic rings. The lowest BCUT2D eigenvalue weighted by atomic mass is 10.1. The normalized spacial score (nSPS) is 11.8. The summed E-state index contributed by atoms with van der Waals surface area (Å²) in [5.41, 5.74) is 8.60. The summed E-state index contributed by atoms with van der Waals surface area (Å²) in [6, 6.07) is 41.6. The minimum Gasteiger partial charge on any atom is -0.307 e. The molecule has 7 aromatic rings. The Kier molecular flexibility index (Phi) is 3.80. The van der Waals surface area contributed by atoms with E-state index in [1.54, 1.807) is 0 Å². The van der Waals surface area contributed by atoms with E-state index in [1.807, 2.05) is 0 Å². The lowest BCUT2D eigenvalue weighted by Crippen LogP contribution is -1.98. The highest BCUT2D eigenvalue weighted by atomic mass is 15.0. The van der Waals surface area contributed by atoms with E-state index in [0.29, 0.717) is 0 Å². The van der Waals surface area contributed by atoms with Crippen molar-refractivity contribution in [2.45, 2.75) is 6.92 Å². The molecule has 2 nitrogen and oxygen atoms in total. The number of nitrogens with zero attached hydrogens (tertiary/aromatic N) is 2. The molecular weight excluding hydrogens is 400 g/mol. The maximum atomic E-state index is 2.44. The van der Waals surface area contributed by atoms with Gasteiger partial charge < -0.3 is 9.13 Å². The lowest BCUT2D eigenvalue weighted by molar-refractivity contribution is 1.15. The molecule has 2 aromatic heterocycles. The molecule has 0 aliphatic heterocycles. The van der Waals surface area contributed by atoms with E-state index in [0.717, 1.165) is 0 Å². The highest BCUT2D eigenvalue weighted by Crippen LogP contribution is 2.41. The van der Waals surface area contributed by atoms with Crippen LogP contribution >= 0.6 is 0 Å². The molecule has 2 heteroatoms. The van der Waals surface area contributed by atoms with Crippen molar-refractivity contribution in [2.75, 3.05) is 0 Å². The Balaban J connectivity index is 1.81. The Bertz CT molecular complexity index is 1800. The average Bonchev–Trinajstić information content (AvgIpc) is 3.37. The maximum absolute atomic E-state index is 2.44. The van der Waals surface area contributed by atoms with Crippen LogP contribution in [0.2, 0.25) is 0 Å². The molecule has 33 heavy (non-hydrogen) atoms. The molecule has 0 atom stereocenters. The van der Waals surface area contributed by atoms with Crippen molar-refractivity contribution in [3.05, 3.63) is 121 Å². The molecule has 0 saturated heterocycles. The number of fused-ring (bicyclic) bond motifs is 7. The minimum atomic E-state index is 1.18. The van der Waals surface area contributed by atoms with Gasteiger partial charge in [0.1, 0.15) is 0 Å². The number of benzene rings is 5. The van der Waals surface area contributed by atoms with E-state index >= 15 is 0 Å². The third-order valence-electron chi connectivity index (χ3n) is 6.75. The van der Waals surface area contributed by atoms with Gasteiger partial charge >= 0.3 is 0 Å². The summed E-state index contributed by atoms with van der Waals surface area (Å²) < 4.78 is 4.87. The monoisotopic (exact) mass is 422 g/mol. The number of aromatic nitrogens is 2. The first-order chi connectivity index (χ1) is 16.3. The van der Waals surface area contributed by atoms with Crippen LogP contribution in [0.5, 0.6) is 0 Å². The van der Waals surface area contributed by atoms with Gasteiger partial charge in [-0.05, 0) is 48.9 Å². The number of hydrogen-bond donors (Lipinski definition) is 0. The van der Waals surface area contributed by atoms with Gasteiger partial charge in [0.2, 0.25) is 0 Å². The zero-order chi connectivity index (χ0) is 21.9. The summed E-state index contributed by atoms with van der Waals surface area (Å²) in [7, 11) is 0. The second kappa shape index (κ2) is 6.85. The van der Waals surface area contributed by atoms with Crippen molar-refractivity contribution in [2.24, 2.45) is 0 Å². The topological polar surface area (TPSA) is 9.86 Å². The molecule has 0 amide bonds. The van der Waals surface area contributed by atoms with Crippen LogP contribution in [0.25, 0.3) is 55.0 Å². The van der Waals surface area contributed by atoms with Gasteiger partial charge in [-0.3, -0.25) is 0 Å². The molecule has 0 fully saturated rings. The summed E-state index contributed by atoms with van der Waals surface area (Å²) in [6.45, 7) is 2.17. The lowest BCUT2D eigenvalue weighted by Gasteiger charge is -2.12. The first-order valence-corrected chi connectivity index (χ1v) is 11.4. The standard InChI is InChI=1S/C31H22N2/c1-21-16-17-25-27-19-18-26-24-14-8-9-15-28(24)32(22-10-4-2-5-11-22)30(26)31(27)33(29(25)20-21)23-12-6-3-7-13-23/h2-20H,1H3. The number of aryl methyl sites for hydroxylation is 1. The van der Waals surface area contributed by atoms with Gasteiger partial charge in [-0.15, -0.1) is 0 Å². The van der Waals surface area contributed by atoms with Gasteiger partial charge in [0.15, 0.2) is 0 Å². The van der Waals surface area contributed by atoms with E-state index in [1.165, 1.54) is 60.5 Å². The van der Waals surface area contributed by atoms with Gasteiger partial charge in [0.05, 0.1) is 22.1 Å². The molecule has 5 aromatic carbocycles. The van der Waals surface area contributed by atoms with Crippen LogP contribution in [0, 0.1) is 6.92 Å². The number of para-hydroxylation sites is 3. The first kappa shape index (κ1) is 18.3. The molecule has 156 valence electrons. The molecule has 0 unspecified atom stereocenters. The fourth-order valence-electron chi connectivity index (χ4n) is 5.35. The zero-order valence-corrected chi connectivity index (χ0v) is 18.4. The number of rotatable bonds is 2. The second-order valence-corrected chi connectivity index (χ2v) is 8.74. The second-order valence-electron chi connectivity index (χ2n) is 8.74. The Labute approximate surface area is 191 Å². The third-order valence-corrected chi connectivity index (χ3v) is 6.75. The van der Waals surface area contributed by atoms with Crippen LogP contribution < -0.4 is 0 Å². The summed E-state index contributed by atoms with van der Waals surface area (Å²) in [5, 5.41) is 5.12. The Morgan fingerprint density at radius 3 is 1.55 bits per heavy atom. The molecule has 0 radical (unpaired) electrons. The van der Waals surface area contributed by atoms with Crippen molar-refractivity contribution in [3.63, 3.8) is 0 Å². The van der Waals surface area contributed by atoms with Crippen LogP contribution in [0.3, 0.4) is 0 Å². The van der Waals surface area contributed by atoms with Crippen LogP contribution in [0.15, 0.2) is 115 Å². The van der Waals surface area contributed by atoms with Crippen molar-refractivity contribution in [1.29, 1.82) is 0 Å². The third kappa shape index (κ3) is 2.55. The van der Waals surface area contributed by atoms with E-state index in [2.05, 4.69) is 131 Å². The average molecular weight is 423 g/mol. The predicted octanol–water partition coefficient (Wildman–Crippen LogP) is 8.19. The van der Waals surface area contributed by atoms with E-state index in [-0.39, 0.29) is 0 Å². The summed E-state index contributed by atoms with van der Waals surface area (Å²) in [6.07, 6.45) is 0. The molecule has 2 heterocycles. The van der Waals surface area contributed by atoms with Gasteiger partial charge in [-0.2, -0.15) is 0 Å². The molecule has 7 rings (SSSR count). The van der Waals surface area contributed by atoms with E-state index in [9.17, 15) is 0 Å². The minimum absolute atomic E-state index is 1.18. The zero-order valence-electron chi connectivity index (χ0n) is 18.4. The van der Waals surface area contributed by atoms with Gasteiger partial charge in [0.25, 0.3) is 0 Å². The van der Waals surface area contributed by atoms with Gasteiger partial charge in [0, 0.05) is 32.9 Å². The SMILES string of the molecule is Cc1ccc2c3ccc4c5ccccc5n(-c5ccccc5)c4c3n(-c3ccccc3)c2c1. The Morgan fingerprint density at radius 2 is 0.909 bits per heavy atom. The fraction of sp³-hybridized carbons (Fsp3) is 0.0323. The predicted molar refractivity (Wildman–Crippen MR) is 140 cm³/mol. The smallest absolute Gasteiger partial charge is 0.0788 e. The molecule has 0 aliphatic carbocycles. The van der Waals surface area contributed by atoms with Gasteiger partial charge in [-0.1, -0.05) is 78.9 Å². The van der Waals surface area contributed by atoms with E-state index < -0.39 is 0 Å². The van der Waals surface area contributed by atoms with Crippen LogP contribution in [-0.4, -0.2) is 9.13 Å². The first-order valence-electron chi connectivity index (χ1n) is 11.4. The molecule has 0 saturated carbocycles. The Morgan fingerprint density at radius 1 is 0.424 bits per heavy atom. The molecule has 0 N–H and O–H groups in total. The van der Waals surface area contributed by atoms with Crippen molar-refractivity contribution in [3.8, 4) is 11.4 Å². The molecule has 0 spiro atoms. The van der Waals surface area contributed by atoms with Crippen LogP contribution in [0.4, 0.5) is 0 Å². The highest BCUT2D eigenvalue weighted by molar-refractivity contribution is 6.23. The van der Waals surface area contributed by atoms with Crippen LogP contribution in [-0.2, 0) is 0 Å². The quantitative estimate of drug-likeness (QED) is 0.266. The number of hydrogen-bond acceptors (Lipinski definition) is 0. The van der Waals surface area contributed by atoms with Crippen molar-refractivity contribution < 1.29 is 0 Å². The molecular formula is C31H22N2. The highest BCUT2D eigenvalue weighted by Gasteiger charge is 2.20. The summed E-state index contributed by atoms with van der Waals surface area (Å²) in [4.78, 5) is 0. The summed E-state index contributed by atoms with van der Waals surface area (Å²) in [5.74, 6) is 0. The van der Waals surface area contributed by atoms with Crippen molar-refractivity contribution in [1.82, 2.24) is 9.13 Å². The van der Waals surface area contributed by atoms with Crippen LogP contribution in [0.1, 0.15) is 5.56 Å². The van der Waals surface area contributed by atoms with Crippen molar-refractivity contribution >= 4 is 43.6 Å². The largest absolute Gasteiger partial charge is 0.307 e. The van der Waals surface area contributed by atoms with Gasteiger partial charge in [-0.25, -0.2) is 0 Å². The maximum Gasteiger partial charge on any atom is 0.0788 e. The summed E-state index contributed by atoms with van der Waals surface area (Å²) >= 11 is 0. The Hall–Kier alpha value is -4.30. The molecule has 0 bridgehead atoms. The van der Waals surface area contributed by atoms with E-state index in [4.69, 9.17) is 0 Å².